The summed E-state index contributed by atoms with van der Waals surface area (Å²) in [4.78, 5) is 2.80. The first-order valence-electron chi connectivity index (χ1n) is 5.38. The molecule has 3 rings (SSSR count). The summed E-state index contributed by atoms with van der Waals surface area (Å²) in [5.41, 5.74) is 1.45. The molecule has 0 amide bonds. The van der Waals surface area contributed by atoms with Gasteiger partial charge >= 0.3 is 0 Å². The van der Waals surface area contributed by atoms with Crippen molar-refractivity contribution >= 4 is 10.9 Å². The van der Waals surface area contributed by atoms with Crippen LogP contribution in [0.15, 0.2) is 42.5 Å². The molecule has 0 bridgehead atoms. The third-order valence-corrected chi connectivity index (χ3v) is 2.84. The molecule has 0 aliphatic carbocycles. The zero-order valence-electron chi connectivity index (χ0n) is 9.18. The van der Waals surface area contributed by atoms with Crippen LogP contribution in [0.2, 0.25) is 0 Å². The third-order valence-electron chi connectivity index (χ3n) is 2.84. The molecule has 90 valence electrons. The number of aromatic amines is 1. The molecule has 4 heteroatoms. The van der Waals surface area contributed by atoms with Gasteiger partial charge in [-0.3, -0.25) is 0 Å². The summed E-state index contributed by atoms with van der Waals surface area (Å²) in [6.45, 7) is 0. The monoisotopic (exact) mass is 247 g/mol. The minimum Gasteiger partial charge on any atom is -0.352 e. The Bertz CT molecular complexity index is 714. The van der Waals surface area contributed by atoms with E-state index >= 15 is 0 Å². The van der Waals surface area contributed by atoms with E-state index in [1.165, 1.54) is 18.2 Å². The lowest BCUT2D eigenvalue weighted by Gasteiger charge is -1.97. The Kier molecular flexibility index (Phi) is 2.37. The van der Waals surface area contributed by atoms with Crippen LogP contribution in [-0.4, -0.2) is 4.98 Å². The van der Waals surface area contributed by atoms with Gasteiger partial charge in [-0.25, -0.2) is 13.2 Å². The average Bonchev–Trinajstić information content (AvgIpc) is 2.80. The van der Waals surface area contributed by atoms with Crippen LogP contribution < -0.4 is 0 Å². The van der Waals surface area contributed by atoms with Crippen LogP contribution in [0.1, 0.15) is 0 Å². The van der Waals surface area contributed by atoms with Crippen LogP contribution in [0.25, 0.3) is 22.2 Å². The van der Waals surface area contributed by atoms with E-state index in [2.05, 4.69) is 4.98 Å². The van der Waals surface area contributed by atoms with Crippen LogP contribution >= 0.6 is 0 Å². The van der Waals surface area contributed by atoms with E-state index in [4.69, 9.17) is 0 Å². The Labute approximate surface area is 101 Å². The van der Waals surface area contributed by atoms with Gasteiger partial charge in [0.05, 0.1) is 5.52 Å². The first kappa shape index (κ1) is 10.9. The number of hydrogen-bond donors (Lipinski definition) is 1. The van der Waals surface area contributed by atoms with Crippen LogP contribution in [0.3, 0.4) is 0 Å². The fourth-order valence-electron chi connectivity index (χ4n) is 1.92. The van der Waals surface area contributed by atoms with Crippen molar-refractivity contribution in [2.75, 3.05) is 0 Å². The third kappa shape index (κ3) is 1.66. The van der Waals surface area contributed by atoms with Crippen molar-refractivity contribution in [3.63, 3.8) is 0 Å². The lowest BCUT2D eigenvalue weighted by molar-refractivity contribution is 0.515. The maximum Gasteiger partial charge on any atom is 0.182 e. The number of hydrogen-bond acceptors (Lipinski definition) is 0. The molecule has 0 atom stereocenters. The fourth-order valence-corrected chi connectivity index (χ4v) is 1.92. The van der Waals surface area contributed by atoms with Gasteiger partial charge in [0.1, 0.15) is 5.82 Å². The van der Waals surface area contributed by atoms with Gasteiger partial charge in [-0.2, -0.15) is 0 Å². The molecule has 0 aliphatic rings. The zero-order chi connectivity index (χ0) is 12.7. The summed E-state index contributed by atoms with van der Waals surface area (Å²) in [7, 11) is 0. The molecule has 1 aromatic heterocycles. The molecule has 18 heavy (non-hydrogen) atoms. The summed E-state index contributed by atoms with van der Waals surface area (Å²) in [6, 6.07) is 10.1. The molecular weight excluding hydrogens is 239 g/mol. The van der Waals surface area contributed by atoms with Gasteiger partial charge in [-0.05, 0) is 48.0 Å². The average molecular weight is 247 g/mol. The fraction of sp³-hybridized carbons (Fsp3) is 0. The molecule has 3 aromatic rings. The van der Waals surface area contributed by atoms with E-state index in [-0.39, 0.29) is 11.3 Å². The molecule has 0 aliphatic heterocycles. The smallest absolute Gasteiger partial charge is 0.182 e. The van der Waals surface area contributed by atoms with Crippen LogP contribution in [0.4, 0.5) is 13.2 Å². The number of fused-ring (bicyclic) bond motifs is 1. The van der Waals surface area contributed by atoms with E-state index < -0.39 is 11.6 Å². The van der Waals surface area contributed by atoms with E-state index in [0.29, 0.717) is 16.6 Å². The van der Waals surface area contributed by atoms with Crippen molar-refractivity contribution in [3.05, 3.63) is 59.9 Å². The van der Waals surface area contributed by atoms with Crippen molar-refractivity contribution in [1.82, 2.24) is 4.98 Å². The molecule has 1 nitrogen and oxygen atoms in total. The van der Waals surface area contributed by atoms with Crippen LogP contribution in [-0.2, 0) is 0 Å². The highest BCUT2D eigenvalue weighted by Gasteiger charge is 2.10. The van der Waals surface area contributed by atoms with Crippen LogP contribution in [0, 0.1) is 17.5 Å². The molecule has 0 saturated carbocycles. The number of H-pyrrole nitrogens is 1. The predicted octanol–water partition coefficient (Wildman–Crippen LogP) is 4.25. The van der Waals surface area contributed by atoms with E-state index in [9.17, 15) is 13.2 Å². The molecule has 0 saturated heterocycles. The van der Waals surface area contributed by atoms with Gasteiger partial charge in [-0.15, -0.1) is 0 Å². The number of benzene rings is 2. The summed E-state index contributed by atoms with van der Waals surface area (Å²) in [5.74, 6) is -2.14. The molecule has 0 radical (unpaired) electrons. The first-order chi connectivity index (χ1) is 8.65. The molecule has 1 heterocycles. The lowest BCUT2D eigenvalue weighted by atomic mass is 10.1. The molecule has 0 unspecified atom stereocenters. The zero-order valence-corrected chi connectivity index (χ0v) is 9.18. The molecule has 1 N–H and O–H groups in total. The highest BCUT2D eigenvalue weighted by Crippen LogP contribution is 2.26. The quantitative estimate of drug-likeness (QED) is 0.661. The van der Waals surface area contributed by atoms with Crippen molar-refractivity contribution in [3.8, 4) is 11.3 Å². The highest BCUT2D eigenvalue weighted by molar-refractivity contribution is 5.86. The Morgan fingerprint density at radius 3 is 2.28 bits per heavy atom. The number of nitrogens with one attached hydrogen (secondary N) is 1. The Hall–Kier alpha value is -2.23. The normalized spacial score (nSPS) is 11.1. The minimum atomic E-state index is -0.902. The Balaban J connectivity index is 2.19. The SMILES string of the molecule is Fc1ccc(-c2cc3ccc(F)c(F)c3[nH]2)cc1. The van der Waals surface area contributed by atoms with Gasteiger partial charge in [0.15, 0.2) is 11.6 Å². The maximum atomic E-state index is 13.5. The number of rotatable bonds is 1. The van der Waals surface area contributed by atoms with Crippen molar-refractivity contribution in [2.45, 2.75) is 0 Å². The second kappa shape index (κ2) is 3.91. The Morgan fingerprint density at radius 1 is 0.833 bits per heavy atom. The van der Waals surface area contributed by atoms with Crippen molar-refractivity contribution < 1.29 is 13.2 Å². The van der Waals surface area contributed by atoms with Gasteiger partial charge in [0.2, 0.25) is 0 Å². The summed E-state index contributed by atoms with van der Waals surface area (Å²) in [6.07, 6.45) is 0. The van der Waals surface area contributed by atoms with E-state index in [0.717, 1.165) is 6.07 Å². The summed E-state index contributed by atoms with van der Waals surface area (Å²) >= 11 is 0. The summed E-state index contributed by atoms with van der Waals surface area (Å²) in [5, 5.41) is 0.577. The molecular formula is C14H8F3N. The topological polar surface area (TPSA) is 15.8 Å². The maximum absolute atomic E-state index is 13.5. The van der Waals surface area contributed by atoms with Gasteiger partial charge < -0.3 is 4.98 Å². The standard InChI is InChI=1S/C14H8F3N/c15-10-4-1-8(2-5-10)12-7-9-3-6-11(16)13(17)14(9)18-12/h1-7,18H. The highest BCUT2D eigenvalue weighted by atomic mass is 19.2. The van der Waals surface area contributed by atoms with Crippen LogP contribution in [0.5, 0.6) is 0 Å². The minimum absolute atomic E-state index is 0.120. The van der Waals surface area contributed by atoms with Gasteiger partial charge in [0, 0.05) is 11.1 Å². The summed E-state index contributed by atoms with van der Waals surface area (Å²) < 4.78 is 39.4. The Morgan fingerprint density at radius 2 is 1.56 bits per heavy atom. The van der Waals surface area contributed by atoms with E-state index in [1.54, 1.807) is 18.2 Å². The predicted molar refractivity (Wildman–Crippen MR) is 63.6 cm³/mol. The second-order valence-corrected chi connectivity index (χ2v) is 4.02. The largest absolute Gasteiger partial charge is 0.352 e. The molecule has 2 aromatic carbocycles. The van der Waals surface area contributed by atoms with E-state index in [1.807, 2.05) is 0 Å². The molecule has 0 spiro atoms. The van der Waals surface area contributed by atoms with Crippen molar-refractivity contribution in [1.29, 1.82) is 0 Å². The molecule has 0 fully saturated rings. The number of halogens is 3. The van der Waals surface area contributed by atoms with Crippen molar-refractivity contribution in [2.24, 2.45) is 0 Å². The van der Waals surface area contributed by atoms with Gasteiger partial charge in [-0.1, -0.05) is 0 Å². The first-order valence-corrected chi connectivity index (χ1v) is 5.38. The second-order valence-electron chi connectivity index (χ2n) is 4.02. The van der Waals surface area contributed by atoms with Gasteiger partial charge in [0.25, 0.3) is 0 Å². The lowest BCUT2D eigenvalue weighted by Crippen LogP contribution is -1.84. The number of aromatic nitrogens is 1.